The largest absolute Gasteiger partial charge is 0.481 e. The van der Waals surface area contributed by atoms with Gasteiger partial charge >= 0.3 is 0 Å². The third-order valence-electron chi connectivity index (χ3n) is 3.28. The number of nitrogens with one attached hydrogen (secondary N) is 2. The molecule has 22 heavy (non-hydrogen) atoms. The van der Waals surface area contributed by atoms with Gasteiger partial charge in [0, 0.05) is 19.5 Å². The molecule has 0 aliphatic rings. The van der Waals surface area contributed by atoms with Crippen molar-refractivity contribution in [2.75, 3.05) is 13.1 Å². The van der Waals surface area contributed by atoms with Crippen LogP contribution < -0.4 is 15.4 Å². The molecule has 0 saturated carbocycles. The molecule has 5 heteroatoms. The first-order chi connectivity index (χ1) is 10.5. The molecule has 0 saturated heterocycles. The molecule has 5 nitrogen and oxygen atoms in total. The molecule has 1 rings (SSSR count). The number of benzene rings is 1. The number of hydrogen-bond acceptors (Lipinski definition) is 3. The van der Waals surface area contributed by atoms with E-state index in [4.69, 9.17) is 4.74 Å². The minimum Gasteiger partial charge on any atom is -0.481 e. The fourth-order valence-electron chi connectivity index (χ4n) is 1.97. The summed E-state index contributed by atoms with van der Waals surface area (Å²) in [5, 5.41) is 5.46. The molecule has 0 spiro atoms. The van der Waals surface area contributed by atoms with E-state index < -0.39 is 6.10 Å². The Morgan fingerprint density at radius 2 is 1.73 bits per heavy atom. The SMILES string of the molecule is CCC(=O)NCCNC(=O)C(C)Oc1ccccc1C(C)C. The Balaban J connectivity index is 2.46. The average Bonchev–Trinajstić information content (AvgIpc) is 2.51. The van der Waals surface area contributed by atoms with E-state index in [9.17, 15) is 9.59 Å². The molecule has 2 N–H and O–H groups in total. The molecule has 0 aliphatic heterocycles. The van der Waals surface area contributed by atoms with Crippen molar-refractivity contribution in [2.45, 2.75) is 46.1 Å². The quantitative estimate of drug-likeness (QED) is 0.724. The number of carbonyl (C=O) groups is 2. The molecule has 0 fully saturated rings. The molecule has 1 aromatic carbocycles. The maximum atomic E-state index is 12.0. The second-order valence-corrected chi connectivity index (χ2v) is 5.45. The third kappa shape index (κ3) is 5.76. The van der Waals surface area contributed by atoms with Gasteiger partial charge in [0.15, 0.2) is 6.10 Å². The van der Waals surface area contributed by atoms with Crippen molar-refractivity contribution in [3.63, 3.8) is 0 Å². The zero-order valence-electron chi connectivity index (χ0n) is 13.8. The van der Waals surface area contributed by atoms with Gasteiger partial charge in [0.2, 0.25) is 5.91 Å². The topological polar surface area (TPSA) is 67.4 Å². The molecular weight excluding hydrogens is 280 g/mol. The predicted molar refractivity (Wildman–Crippen MR) is 86.9 cm³/mol. The minimum absolute atomic E-state index is 0.0237. The first-order valence-electron chi connectivity index (χ1n) is 7.75. The van der Waals surface area contributed by atoms with E-state index in [1.807, 2.05) is 24.3 Å². The van der Waals surface area contributed by atoms with Crippen LogP contribution in [0.15, 0.2) is 24.3 Å². The van der Waals surface area contributed by atoms with Crippen LogP contribution in [0.4, 0.5) is 0 Å². The van der Waals surface area contributed by atoms with Crippen molar-refractivity contribution in [3.8, 4) is 5.75 Å². The Morgan fingerprint density at radius 1 is 1.09 bits per heavy atom. The van der Waals surface area contributed by atoms with Gasteiger partial charge in [-0.05, 0) is 24.5 Å². The van der Waals surface area contributed by atoms with Gasteiger partial charge in [-0.15, -0.1) is 0 Å². The summed E-state index contributed by atoms with van der Waals surface area (Å²) in [5.41, 5.74) is 1.08. The average molecular weight is 306 g/mol. The van der Waals surface area contributed by atoms with Crippen LogP contribution in [-0.4, -0.2) is 31.0 Å². The molecule has 0 radical (unpaired) electrons. The van der Waals surface area contributed by atoms with E-state index in [-0.39, 0.29) is 11.8 Å². The van der Waals surface area contributed by atoms with E-state index >= 15 is 0 Å². The van der Waals surface area contributed by atoms with Crippen LogP contribution in [0.2, 0.25) is 0 Å². The second kappa shape index (κ2) is 9.07. The third-order valence-corrected chi connectivity index (χ3v) is 3.28. The molecule has 122 valence electrons. The standard InChI is InChI=1S/C17H26N2O3/c1-5-16(20)18-10-11-19-17(21)13(4)22-15-9-7-6-8-14(15)12(2)3/h6-9,12-13H,5,10-11H2,1-4H3,(H,18,20)(H,19,21). The fourth-order valence-corrected chi connectivity index (χ4v) is 1.97. The van der Waals surface area contributed by atoms with Gasteiger partial charge in [-0.1, -0.05) is 39.0 Å². The van der Waals surface area contributed by atoms with Crippen molar-refractivity contribution in [1.29, 1.82) is 0 Å². The highest BCUT2D eigenvalue weighted by Gasteiger charge is 2.16. The number of hydrogen-bond donors (Lipinski definition) is 2. The van der Waals surface area contributed by atoms with Gasteiger partial charge in [-0.25, -0.2) is 0 Å². The highest BCUT2D eigenvalue weighted by Crippen LogP contribution is 2.26. The maximum Gasteiger partial charge on any atom is 0.260 e. The lowest BCUT2D eigenvalue weighted by Gasteiger charge is -2.18. The summed E-state index contributed by atoms with van der Waals surface area (Å²) in [7, 11) is 0. The molecule has 1 unspecified atom stereocenters. The number of para-hydroxylation sites is 1. The lowest BCUT2D eigenvalue weighted by atomic mass is 10.0. The number of amides is 2. The minimum atomic E-state index is -0.582. The Morgan fingerprint density at radius 3 is 2.36 bits per heavy atom. The smallest absolute Gasteiger partial charge is 0.260 e. The van der Waals surface area contributed by atoms with E-state index in [1.54, 1.807) is 13.8 Å². The van der Waals surface area contributed by atoms with E-state index in [0.717, 1.165) is 11.3 Å². The van der Waals surface area contributed by atoms with Gasteiger partial charge in [0.05, 0.1) is 0 Å². The van der Waals surface area contributed by atoms with E-state index in [2.05, 4.69) is 24.5 Å². The normalized spacial score (nSPS) is 11.9. The van der Waals surface area contributed by atoms with Crippen LogP contribution >= 0.6 is 0 Å². The number of rotatable bonds is 8. The molecule has 0 aromatic heterocycles. The Kier molecular flexibility index (Phi) is 7.43. The highest BCUT2D eigenvalue weighted by molar-refractivity contribution is 5.81. The summed E-state index contributed by atoms with van der Waals surface area (Å²) in [4.78, 5) is 23.1. The van der Waals surface area contributed by atoms with Crippen LogP contribution in [-0.2, 0) is 9.59 Å². The first-order valence-corrected chi connectivity index (χ1v) is 7.75. The Labute approximate surface area is 132 Å². The molecule has 1 atom stereocenters. The lowest BCUT2D eigenvalue weighted by molar-refractivity contribution is -0.127. The van der Waals surface area contributed by atoms with E-state index in [0.29, 0.717) is 25.4 Å². The summed E-state index contributed by atoms with van der Waals surface area (Å²) < 4.78 is 5.77. The molecular formula is C17H26N2O3. The summed E-state index contributed by atoms with van der Waals surface area (Å²) in [6, 6.07) is 7.74. The van der Waals surface area contributed by atoms with Gasteiger partial charge in [0.1, 0.15) is 5.75 Å². The highest BCUT2D eigenvalue weighted by atomic mass is 16.5. The van der Waals surface area contributed by atoms with E-state index in [1.165, 1.54) is 0 Å². The molecule has 0 bridgehead atoms. The predicted octanol–water partition coefficient (Wildman–Crippen LogP) is 2.22. The van der Waals surface area contributed by atoms with Gasteiger partial charge in [-0.3, -0.25) is 9.59 Å². The molecule has 2 amide bonds. The van der Waals surface area contributed by atoms with Gasteiger partial charge in [0.25, 0.3) is 5.91 Å². The Hall–Kier alpha value is -2.04. The lowest BCUT2D eigenvalue weighted by Crippen LogP contribution is -2.40. The Bertz CT molecular complexity index is 500. The zero-order chi connectivity index (χ0) is 16.5. The summed E-state index contributed by atoms with van der Waals surface area (Å²) in [6.07, 6.45) is -0.138. The monoisotopic (exact) mass is 306 g/mol. The summed E-state index contributed by atoms with van der Waals surface area (Å²) in [5.74, 6) is 0.851. The first kappa shape index (κ1) is 18.0. The van der Waals surface area contributed by atoms with Crippen molar-refractivity contribution in [2.24, 2.45) is 0 Å². The molecule has 0 aliphatic carbocycles. The van der Waals surface area contributed by atoms with Crippen LogP contribution in [0.3, 0.4) is 0 Å². The molecule has 0 heterocycles. The van der Waals surface area contributed by atoms with Crippen LogP contribution in [0.1, 0.15) is 45.6 Å². The maximum absolute atomic E-state index is 12.0. The van der Waals surface area contributed by atoms with Crippen LogP contribution in [0, 0.1) is 0 Å². The summed E-state index contributed by atoms with van der Waals surface area (Å²) >= 11 is 0. The van der Waals surface area contributed by atoms with Gasteiger partial charge in [-0.2, -0.15) is 0 Å². The zero-order valence-corrected chi connectivity index (χ0v) is 13.8. The van der Waals surface area contributed by atoms with Gasteiger partial charge < -0.3 is 15.4 Å². The van der Waals surface area contributed by atoms with Crippen LogP contribution in [0.5, 0.6) is 5.75 Å². The molecule has 1 aromatic rings. The van der Waals surface area contributed by atoms with Crippen molar-refractivity contribution >= 4 is 11.8 Å². The number of ether oxygens (including phenoxy) is 1. The fraction of sp³-hybridized carbons (Fsp3) is 0.529. The van der Waals surface area contributed by atoms with Crippen molar-refractivity contribution in [1.82, 2.24) is 10.6 Å². The van der Waals surface area contributed by atoms with Crippen molar-refractivity contribution < 1.29 is 14.3 Å². The number of carbonyl (C=O) groups excluding carboxylic acids is 2. The summed E-state index contributed by atoms with van der Waals surface area (Å²) in [6.45, 7) is 8.50. The van der Waals surface area contributed by atoms with Crippen LogP contribution in [0.25, 0.3) is 0 Å². The van der Waals surface area contributed by atoms with Crippen molar-refractivity contribution in [3.05, 3.63) is 29.8 Å². The second-order valence-electron chi connectivity index (χ2n) is 5.45.